The molecular formula is C25H33ClN2O2S. The second kappa shape index (κ2) is 12.8. The summed E-state index contributed by atoms with van der Waals surface area (Å²) in [6, 6.07) is 15.4. The number of halogens is 1. The van der Waals surface area contributed by atoms with Crippen LogP contribution in [0.5, 0.6) is 0 Å². The Balaban J connectivity index is 2.13. The zero-order valence-electron chi connectivity index (χ0n) is 18.9. The van der Waals surface area contributed by atoms with Gasteiger partial charge in [0.15, 0.2) is 0 Å². The molecular weight excluding hydrogens is 428 g/mol. The Morgan fingerprint density at radius 1 is 1.06 bits per heavy atom. The molecule has 0 fully saturated rings. The van der Waals surface area contributed by atoms with E-state index in [1.165, 1.54) is 5.56 Å². The molecule has 0 spiro atoms. The third-order valence-corrected chi connectivity index (χ3v) is 6.47. The summed E-state index contributed by atoms with van der Waals surface area (Å²) in [4.78, 5) is 27.9. The Hall–Kier alpha value is -1.98. The van der Waals surface area contributed by atoms with Crippen molar-refractivity contribution >= 4 is 35.2 Å². The highest BCUT2D eigenvalue weighted by Crippen LogP contribution is 2.19. The molecule has 0 aromatic heterocycles. The summed E-state index contributed by atoms with van der Waals surface area (Å²) in [5.74, 6) is 0.891. The van der Waals surface area contributed by atoms with Gasteiger partial charge in [0.2, 0.25) is 11.8 Å². The lowest BCUT2D eigenvalue weighted by Gasteiger charge is -2.31. The first-order chi connectivity index (χ1) is 14.8. The topological polar surface area (TPSA) is 49.4 Å². The van der Waals surface area contributed by atoms with Gasteiger partial charge in [0.1, 0.15) is 6.04 Å². The molecule has 0 unspecified atom stereocenters. The maximum atomic E-state index is 13.2. The minimum absolute atomic E-state index is 0.0289. The lowest BCUT2D eigenvalue weighted by atomic mass is 10.1. The number of hydrogen-bond acceptors (Lipinski definition) is 3. The average Bonchev–Trinajstić information content (AvgIpc) is 2.74. The second-order valence-electron chi connectivity index (χ2n) is 7.87. The molecule has 1 N–H and O–H groups in total. The molecule has 0 saturated carbocycles. The van der Waals surface area contributed by atoms with Crippen LogP contribution in [-0.2, 0) is 21.9 Å². The van der Waals surface area contributed by atoms with Gasteiger partial charge in [-0.05, 0) is 49.9 Å². The van der Waals surface area contributed by atoms with Crippen molar-refractivity contribution in [3.8, 4) is 0 Å². The summed E-state index contributed by atoms with van der Waals surface area (Å²) in [5, 5.41) is 3.74. The van der Waals surface area contributed by atoms with Gasteiger partial charge in [0, 0.05) is 23.4 Å². The first-order valence-corrected chi connectivity index (χ1v) is 12.3. The Morgan fingerprint density at radius 2 is 1.77 bits per heavy atom. The molecule has 0 aliphatic heterocycles. The van der Waals surface area contributed by atoms with Crippen molar-refractivity contribution in [1.82, 2.24) is 10.2 Å². The number of thioether (sulfide) groups is 1. The zero-order chi connectivity index (χ0) is 22.8. The summed E-state index contributed by atoms with van der Waals surface area (Å²) in [7, 11) is 0. The number of aryl methyl sites for hydroxylation is 1. The standard InChI is InChI=1S/C25H33ClN2O2S/c1-5-19(4)27-25(30)23(6-2)28(15-20-12-10-18(3)11-13-20)24(29)17-31-16-21-8-7-9-22(26)14-21/h7-14,19,23H,5-6,15-17H2,1-4H3,(H,27,30)/t19-,23-/m1/s1. The molecule has 0 heterocycles. The summed E-state index contributed by atoms with van der Waals surface area (Å²) in [5.41, 5.74) is 3.27. The minimum atomic E-state index is -0.491. The minimum Gasteiger partial charge on any atom is -0.352 e. The van der Waals surface area contributed by atoms with Crippen LogP contribution in [0.2, 0.25) is 5.02 Å². The van der Waals surface area contributed by atoms with E-state index in [1.54, 1.807) is 16.7 Å². The van der Waals surface area contributed by atoms with Crippen molar-refractivity contribution in [1.29, 1.82) is 0 Å². The maximum Gasteiger partial charge on any atom is 0.243 e. The van der Waals surface area contributed by atoms with Crippen molar-refractivity contribution in [2.24, 2.45) is 0 Å². The van der Waals surface area contributed by atoms with Crippen molar-refractivity contribution in [2.75, 3.05) is 5.75 Å². The molecule has 2 aromatic carbocycles. The van der Waals surface area contributed by atoms with E-state index in [0.717, 1.165) is 17.5 Å². The van der Waals surface area contributed by atoms with E-state index in [4.69, 9.17) is 11.6 Å². The number of rotatable bonds is 11. The van der Waals surface area contributed by atoms with Crippen LogP contribution in [0.1, 0.15) is 50.3 Å². The fourth-order valence-corrected chi connectivity index (χ4v) is 4.29. The summed E-state index contributed by atoms with van der Waals surface area (Å²) in [6.45, 7) is 8.43. The molecule has 4 nitrogen and oxygen atoms in total. The zero-order valence-corrected chi connectivity index (χ0v) is 20.4. The highest BCUT2D eigenvalue weighted by Gasteiger charge is 2.29. The van der Waals surface area contributed by atoms with Crippen LogP contribution in [0.25, 0.3) is 0 Å². The molecule has 0 bridgehead atoms. The van der Waals surface area contributed by atoms with Gasteiger partial charge in [-0.25, -0.2) is 0 Å². The van der Waals surface area contributed by atoms with Gasteiger partial charge in [0.05, 0.1) is 5.75 Å². The van der Waals surface area contributed by atoms with Crippen LogP contribution in [-0.4, -0.2) is 34.6 Å². The number of nitrogens with zero attached hydrogens (tertiary/aromatic N) is 1. The highest BCUT2D eigenvalue weighted by molar-refractivity contribution is 7.99. The molecule has 2 amide bonds. The fourth-order valence-electron chi connectivity index (χ4n) is 3.22. The number of amides is 2. The van der Waals surface area contributed by atoms with Crippen LogP contribution in [0, 0.1) is 6.92 Å². The lowest BCUT2D eigenvalue weighted by Crippen LogP contribution is -2.51. The Bertz CT molecular complexity index is 857. The van der Waals surface area contributed by atoms with E-state index in [9.17, 15) is 9.59 Å². The lowest BCUT2D eigenvalue weighted by molar-refractivity contribution is -0.139. The van der Waals surface area contributed by atoms with Gasteiger partial charge in [-0.1, -0.05) is 67.4 Å². The summed E-state index contributed by atoms with van der Waals surface area (Å²) < 4.78 is 0. The van der Waals surface area contributed by atoms with Crippen molar-refractivity contribution in [3.63, 3.8) is 0 Å². The van der Waals surface area contributed by atoms with E-state index in [-0.39, 0.29) is 17.9 Å². The first-order valence-electron chi connectivity index (χ1n) is 10.8. The van der Waals surface area contributed by atoms with Gasteiger partial charge >= 0.3 is 0 Å². The summed E-state index contributed by atoms with van der Waals surface area (Å²) in [6.07, 6.45) is 1.42. The monoisotopic (exact) mass is 460 g/mol. The molecule has 31 heavy (non-hydrogen) atoms. The first kappa shape index (κ1) is 25.3. The average molecular weight is 461 g/mol. The van der Waals surface area contributed by atoms with E-state index in [0.29, 0.717) is 29.5 Å². The molecule has 168 valence electrons. The predicted molar refractivity (Wildman–Crippen MR) is 131 cm³/mol. The molecule has 2 atom stereocenters. The molecule has 6 heteroatoms. The number of carbonyl (C=O) groups excluding carboxylic acids is 2. The quantitative estimate of drug-likeness (QED) is 0.474. The molecule has 0 aliphatic carbocycles. The molecule has 2 rings (SSSR count). The van der Waals surface area contributed by atoms with Crippen LogP contribution in [0.4, 0.5) is 0 Å². The van der Waals surface area contributed by atoms with Crippen LogP contribution in [0.15, 0.2) is 48.5 Å². The van der Waals surface area contributed by atoms with E-state index in [1.807, 2.05) is 76.2 Å². The Morgan fingerprint density at radius 3 is 2.39 bits per heavy atom. The van der Waals surface area contributed by atoms with Gasteiger partial charge in [-0.15, -0.1) is 11.8 Å². The SMILES string of the molecule is CC[C@@H](C)NC(=O)[C@@H](CC)N(Cc1ccc(C)cc1)C(=O)CSCc1cccc(Cl)c1. The van der Waals surface area contributed by atoms with Gasteiger partial charge in [-0.2, -0.15) is 0 Å². The molecule has 0 radical (unpaired) electrons. The van der Waals surface area contributed by atoms with Gasteiger partial charge in [0.25, 0.3) is 0 Å². The molecule has 2 aromatic rings. The number of carbonyl (C=O) groups is 2. The third kappa shape index (κ3) is 8.23. The van der Waals surface area contributed by atoms with E-state index < -0.39 is 6.04 Å². The van der Waals surface area contributed by atoms with Crippen molar-refractivity contribution in [2.45, 2.75) is 64.9 Å². The van der Waals surface area contributed by atoms with Crippen molar-refractivity contribution < 1.29 is 9.59 Å². The molecule has 0 saturated heterocycles. The predicted octanol–water partition coefficient (Wildman–Crippen LogP) is 5.60. The fraction of sp³-hybridized carbons (Fsp3) is 0.440. The van der Waals surface area contributed by atoms with Crippen LogP contribution < -0.4 is 5.32 Å². The smallest absolute Gasteiger partial charge is 0.243 e. The van der Waals surface area contributed by atoms with Gasteiger partial charge < -0.3 is 10.2 Å². The number of hydrogen-bond donors (Lipinski definition) is 1. The van der Waals surface area contributed by atoms with Crippen LogP contribution in [0.3, 0.4) is 0 Å². The largest absolute Gasteiger partial charge is 0.352 e. The normalized spacial score (nSPS) is 12.8. The van der Waals surface area contributed by atoms with E-state index >= 15 is 0 Å². The third-order valence-electron chi connectivity index (χ3n) is 5.24. The second-order valence-corrected chi connectivity index (χ2v) is 9.29. The Labute approximate surface area is 195 Å². The van der Waals surface area contributed by atoms with Crippen LogP contribution >= 0.6 is 23.4 Å². The number of benzene rings is 2. The van der Waals surface area contributed by atoms with Gasteiger partial charge in [-0.3, -0.25) is 9.59 Å². The Kier molecular flexibility index (Phi) is 10.4. The highest BCUT2D eigenvalue weighted by atomic mass is 35.5. The van der Waals surface area contributed by atoms with Crippen molar-refractivity contribution in [3.05, 3.63) is 70.2 Å². The summed E-state index contributed by atoms with van der Waals surface area (Å²) >= 11 is 7.60. The maximum absolute atomic E-state index is 13.2. The van der Waals surface area contributed by atoms with E-state index in [2.05, 4.69) is 5.32 Å². The molecule has 0 aliphatic rings. The number of nitrogens with one attached hydrogen (secondary N) is 1.